The number of nitrogens with one attached hydrogen (secondary N) is 1. The van der Waals surface area contributed by atoms with E-state index < -0.39 is 0 Å². The number of hydrogen-bond acceptors (Lipinski definition) is 3. The van der Waals surface area contributed by atoms with Gasteiger partial charge in [-0.2, -0.15) is 0 Å². The molecule has 2 aromatic rings. The van der Waals surface area contributed by atoms with Gasteiger partial charge in [0.1, 0.15) is 0 Å². The second-order valence-electron chi connectivity index (χ2n) is 4.12. The molecule has 0 aromatic heterocycles. The maximum Gasteiger partial charge on any atom is 0.0551 e. The molecule has 2 aromatic carbocycles. The molecular weight excluding hydrogens is 240 g/mol. The molecule has 1 unspecified atom stereocenters. The third-order valence-electron chi connectivity index (χ3n) is 3.03. The van der Waals surface area contributed by atoms with Crippen LogP contribution in [0, 0.1) is 0 Å². The van der Waals surface area contributed by atoms with E-state index in [9.17, 15) is 0 Å². The lowest BCUT2D eigenvalue weighted by molar-refractivity contribution is 0.870. The molecule has 0 fully saturated rings. The zero-order valence-corrected chi connectivity index (χ0v) is 11.5. The van der Waals surface area contributed by atoms with Crippen molar-refractivity contribution in [1.82, 2.24) is 0 Å². The van der Waals surface area contributed by atoms with Crippen molar-refractivity contribution in [2.24, 2.45) is 5.73 Å². The van der Waals surface area contributed by atoms with Crippen LogP contribution in [0.1, 0.15) is 17.2 Å². The molecule has 0 aliphatic carbocycles. The molecule has 1 atom stereocenters. The summed E-state index contributed by atoms with van der Waals surface area (Å²) in [4.78, 5) is 1.26. The van der Waals surface area contributed by atoms with Crippen molar-refractivity contribution in [3.05, 3.63) is 59.7 Å². The molecule has 18 heavy (non-hydrogen) atoms. The van der Waals surface area contributed by atoms with Gasteiger partial charge in [0.05, 0.1) is 6.04 Å². The summed E-state index contributed by atoms with van der Waals surface area (Å²) in [6.45, 7) is 0. The monoisotopic (exact) mass is 258 g/mol. The fraction of sp³-hybridized carbons (Fsp3) is 0.200. The van der Waals surface area contributed by atoms with Crippen molar-refractivity contribution in [3.63, 3.8) is 0 Å². The summed E-state index contributed by atoms with van der Waals surface area (Å²) in [6, 6.07) is 16.6. The molecule has 0 heterocycles. The lowest BCUT2D eigenvalue weighted by Crippen LogP contribution is -2.11. The number of thioether (sulfide) groups is 1. The van der Waals surface area contributed by atoms with Gasteiger partial charge in [-0.25, -0.2) is 0 Å². The lowest BCUT2D eigenvalue weighted by Gasteiger charge is -2.13. The Hall–Kier alpha value is -1.45. The summed E-state index contributed by atoms with van der Waals surface area (Å²) in [6.07, 6.45) is 2.07. The average Bonchev–Trinajstić information content (AvgIpc) is 2.47. The normalized spacial score (nSPS) is 12.2. The molecular formula is C15H18N2S. The first-order valence-electron chi connectivity index (χ1n) is 5.92. The quantitative estimate of drug-likeness (QED) is 0.824. The van der Waals surface area contributed by atoms with E-state index in [4.69, 9.17) is 5.73 Å². The van der Waals surface area contributed by atoms with Crippen molar-refractivity contribution < 1.29 is 0 Å². The van der Waals surface area contributed by atoms with E-state index in [1.54, 1.807) is 11.8 Å². The Balaban J connectivity index is 2.20. The van der Waals surface area contributed by atoms with Crippen molar-refractivity contribution in [3.8, 4) is 0 Å². The molecule has 0 radical (unpaired) electrons. The summed E-state index contributed by atoms with van der Waals surface area (Å²) in [5, 5.41) is 3.10. The molecule has 0 spiro atoms. The van der Waals surface area contributed by atoms with Crippen LogP contribution in [0.5, 0.6) is 0 Å². The van der Waals surface area contributed by atoms with E-state index in [0.717, 1.165) is 16.8 Å². The van der Waals surface area contributed by atoms with E-state index in [1.807, 2.05) is 19.2 Å². The van der Waals surface area contributed by atoms with Crippen LogP contribution in [0.25, 0.3) is 0 Å². The van der Waals surface area contributed by atoms with E-state index in [0.29, 0.717) is 0 Å². The molecule has 3 N–H and O–H groups in total. The Morgan fingerprint density at radius 3 is 1.89 bits per heavy atom. The maximum absolute atomic E-state index is 6.27. The third-order valence-corrected chi connectivity index (χ3v) is 3.78. The predicted molar refractivity (Wildman–Crippen MR) is 80.2 cm³/mol. The number of hydrogen-bond donors (Lipinski definition) is 2. The third kappa shape index (κ3) is 2.86. The largest absolute Gasteiger partial charge is 0.388 e. The Bertz CT molecular complexity index is 443. The standard InChI is InChI=1S/C15H18N2S/c1-17-13-7-3-11(4-8-13)15(16)12-5-9-14(18-2)10-6-12/h3-10,15,17H,16H2,1-2H3. The van der Waals surface area contributed by atoms with Crippen LogP contribution in [-0.2, 0) is 0 Å². The minimum absolute atomic E-state index is 0.0631. The SMILES string of the molecule is CNc1ccc(C(N)c2ccc(SC)cc2)cc1. The Morgan fingerprint density at radius 1 is 0.944 bits per heavy atom. The first-order chi connectivity index (χ1) is 8.74. The Kier molecular flexibility index (Phi) is 4.28. The van der Waals surface area contributed by atoms with Gasteiger partial charge in [-0.1, -0.05) is 24.3 Å². The van der Waals surface area contributed by atoms with Crippen LogP contribution in [0.15, 0.2) is 53.4 Å². The van der Waals surface area contributed by atoms with Gasteiger partial charge in [0.25, 0.3) is 0 Å². The van der Waals surface area contributed by atoms with Crippen LogP contribution in [0.3, 0.4) is 0 Å². The number of rotatable bonds is 4. The summed E-state index contributed by atoms with van der Waals surface area (Å²) in [7, 11) is 1.91. The summed E-state index contributed by atoms with van der Waals surface area (Å²) < 4.78 is 0. The molecule has 0 aliphatic rings. The minimum Gasteiger partial charge on any atom is -0.388 e. The van der Waals surface area contributed by atoms with E-state index in [-0.39, 0.29) is 6.04 Å². The number of anilines is 1. The molecule has 0 aliphatic heterocycles. The highest BCUT2D eigenvalue weighted by Gasteiger charge is 2.08. The van der Waals surface area contributed by atoms with Crippen LogP contribution in [0.4, 0.5) is 5.69 Å². The first kappa shape index (κ1) is 13.0. The van der Waals surface area contributed by atoms with Gasteiger partial charge < -0.3 is 11.1 Å². The highest BCUT2D eigenvalue weighted by atomic mass is 32.2. The molecule has 2 nitrogen and oxygen atoms in total. The van der Waals surface area contributed by atoms with E-state index >= 15 is 0 Å². The Morgan fingerprint density at radius 2 is 1.44 bits per heavy atom. The fourth-order valence-electron chi connectivity index (χ4n) is 1.86. The molecule has 0 bridgehead atoms. The highest BCUT2D eigenvalue weighted by Crippen LogP contribution is 2.23. The molecule has 2 rings (SSSR count). The molecule has 0 saturated carbocycles. The first-order valence-corrected chi connectivity index (χ1v) is 7.14. The number of nitrogens with two attached hydrogens (primary N) is 1. The zero-order valence-electron chi connectivity index (χ0n) is 10.7. The second kappa shape index (κ2) is 5.94. The van der Waals surface area contributed by atoms with Gasteiger partial charge in [-0.15, -0.1) is 11.8 Å². The van der Waals surface area contributed by atoms with Crippen LogP contribution in [0.2, 0.25) is 0 Å². The van der Waals surface area contributed by atoms with Crippen LogP contribution >= 0.6 is 11.8 Å². The average molecular weight is 258 g/mol. The summed E-state index contributed by atoms with van der Waals surface area (Å²) in [5.41, 5.74) is 9.65. The van der Waals surface area contributed by atoms with Gasteiger partial charge in [0.2, 0.25) is 0 Å². The van der Waals surface area contributed by atoms with Crippen molar-refractivity contribution in [1.29, 1.82) is 0 Å². The lowest BCUT2D eigenvalue weighted by atomic mass is 9.99. The summed E-state index contributed by atoms with van der Waals surface area (Å²) >= 11 is 1.74. The van der Waals surface area contributed by atoms with E-state index in [1.165, 1.54) is 4.90 Å². The molecule has 94 valence electrons. The second-order valence-corrected chi connectivity index (χ2v) is 5.00. The van der Waals surface area contributed by atoms with Gasteiger partial charge in [-0.05, 0) is 41.6 Å². The zero-order chi connectivity index (χ0) is 13.0. The summed E-state index contributed by atoms with van der Waals surface area (Å²) in [5.74, 6) is 0. The van der Waals surface area contributed by atoms with Crippen LogP contribution in [-0.4, -0.2) is 13.3 Å². The minimum atomic E-state index is -0.0631. The van der Waals surface area contributed by atoms with Gasteiger partial charge in [-0.3, -0.25) is 0 Å². The highest BCUT2D eigenvalue weighted by molar-refractivity contribution is 7.98. The van der Waals surface area contributed by atoms with Gasteiger partial charge >= 0.3 is 0 Å². The maximum atomic E-state index is 6.27. The number of benzene rings is 2. The fourth-order valence-corrected chi connectivity index (χ4v) is 2.27. The molecule has 0 saturated heterocycles. The van der Waals surface area contributed by atoms with E-state index in [2.05, 4.69) is 48.0 Å². The van der Waals surface area contributed by atoms with Gasteiger partial charge in [0.15, 0.2) is 0 Å². The van der Waals surface area contributed by atoms with Gasteiger partial charge in [0, 0.05) is 17.6 Å². The van der Waals surface area contributed by atoms with Crippen molar-refractivity contribution in [2.45, 2.75) is 10.9 Å². The topological polar surface area (TPSA) is 38.0 Å². The van der Waals surface area contributed by atoms with Crippen molar-refractivity contribution in [2.75, 3.05) is 18.6 Å². The van der Waals surface area contributed by atoms with Crippen molar-refractivity contribution >= 4 is 17.4 Å². The van der Waals surface area contributed by atoms with Crippen LogP contribution < -0.4 is 11.1 Å². The molecule has 0 amide bonds. The molecule has 3 heteroatoms. The smallest absolute Gasteiger partial charge is 0.0551 e. The Labute approximate surface area is 113 Å². The predicted octanol–water partition coefficient (Wildman–Crippen LogP) is 3.50.